The zero-order valence-corrected chi connectivity index (χ0v) is 15.2. The molecule has 3 heterocycles. The van der Waals surface area contributed by atoms with Crippen LogP contribution in [0.5, 0.6) is 0 Å². The molecule has 1 aromatic heterocycles. The first-order valence-corrected chi connectivity index (χ1v) is 8.91. The van der Waals surface area contributed by atoms with Crippen molar-refractivity contribution >= 4 is 5.91 Å². The monoisotopic (exact) mass is 335 g/mol. The number of piperidine rings is 1. The third-order valence-electron chi connectivity index (χ3n) is 5.12. The Morgan fingerprint density at radius 3 is 2.54 bits per heavy atom. The number of carbonyl (C=O) groups is 1. The molecule has 0 unspecified atom stereocenters. The Labute approximate surface area is 144 Å². The van der Waals surface area contributed by atoms with Crippen molar-refractivity contribution in [2.24, 2.45) is 0 Å². The molecule has 24 heavy (non-hydrogen) atoms. The second-order valence-electron chi connectivity index (χ2n) is 7.89. The summed E-state index contributed by atoms with van der Waals surface area (Å²) in [6.07, 6.45) is 3.78. The highest BCUT2D eigenvalue weighted by Crippen LogP contribution is 2.31. The van der Waals surface area contributed by atoms with Gasteiger partial charge in [-0.3, -0.25) is 9.69 Å². The summed E-state index contributed by atoms with van der Waals surface area (Å²) in [5, 5.41) is 0. The van der Waals surface area contributed by atoms with Crippen molar-refractivity contribution in [1.29, 1.82) is 0 Å². The van der Waals surface area contributed by atoms with Gasteiger partial charge in [0.05, 0.1) is 18.9 Å². The van der Waals surface area contributed by atoms with E-state index in [0.29, 0.717) is 12.6 Å². The third-order valence-corrected chi connectivity index (χ3v) is 5.12. The van der Waals surface area contributed by atoms with Gasteiger partial charge in [0.1, 0.15) is 12.3 Å². The fourth-order valence-electron chi connectivity index (χ4n) is 3.56. The van der Waals surface area contributed by atoms with E-state index in [0.717, 1.165) is 50.7 Å². The lowest BCUT2D eigenvalue weighted by Crippen LogP contribution is -2.51. The molecule has 0 aromatic carbocycles. The summed E-state index contributed by atoms with van der Waals surface area (Å²) in [4.78, 5) is 20.7. The maximum absolute atomic E-state index is 11.5. The van der Waals surface area contributed by atoms with Gasteiger partial charge in [-0.05, 0) is 12.8 Å². The van der Waals surface area contributed by atoms with E-state index in [2.05, 4.69) is 25.7 Å². The number of hydrogen-bond acceptors (Lipinski definition) is 5. The van der Waals surface area contributed by atoms with Gasteiger partial charge >= 0.3 is 0 Å². The Morgan fingerprint density at radius 2 is 1.96 bits per heavy atom. The number of oxazole rings is 1. The largest absolute Gasteiger partial charge is 0.447 e. The van der Waals surface area contributed by atoms with E-state index < -0.39 is 0 Å². The van der Waals surface area contributed by atoms with E-state index in [4.69, 9.17) is 14.1 Å². The molecule has 3 rings (SSSR count). The van der Waals surface area contributed by atoms with Crippen LogP contribution in [0.15, 0.2) is 10.7 Å². The lowest BCUT2D eigenvalue weighted by molar-refractivity contribution is -0.131. The van der Waals surface area contributed by atoms with Gasteiger partial charge in [-0.1, -0.05) is 20.8 Å². The summed E-state index contributed by atoms with van der Waals surface area (Å²) in [5.41, 5.74) is 0.962. The average molecular weight is 335 g/mol. The molecule has 6 heteroatoms. The number of carbonyl (C=O) groups excluding carboxylic acids is 1. The van der Waals surface area contributed by atoms with Crippen molar-refractivity contribution in [3.05, 3.63) is 17.8 Å². The van der Waals surface area contributed by atoms with Gasteiger partial charge in [0.15, 0.2) is 0 Å². The van der Waals surface area contributed by atoms with Crippen LogP contribution in [0.4, 0.5) is 0 Å². The number of rotatable bonds is 2. The number of aromatic nitrogens is 1. The Morgan fingerprint density at radius 1 is 1.25 bits per heavy atom. The molecule has 2 saturated heterocycles. The van der Waals surface area contributed by atoms with Crippen LogP contribution in [0.2, 0.25) is 0 Å². The SMILES string of the molecule is CC(=O)N1CCC(N2CCOC[C@H]2c2nc(C(C)(C)C)co2)CC1. The highest BCUT2D eigenvalue weighted by Gasteiger charge is 2.36. The topological polar surface area (TPSA) is 58.8 Å². The quantitative estimate of drug-likeness (QED) is 0.830. The van der Waals surface area contributed by atoms with E-state index >= 15 is 0 Å². The summed E-state index contributed by atoms with van der Waals surface area (Å²) in [6.45, 7) is 12.0. The van der Waals surface area contributed by atoms with Crippen molar-refractivity contribution in [2.45, 2.75) is 58.0 Å². The van der Waals surface area contributed by atoms with Crippen molar-refractivity contribution in [3.63, 3.8) is 0 Å². The lowest BCUT2D eigenvalue weighted by atomic mass is 9.93. The van der Waals surface area contributed by atoms with Gasteiger partial charge < -0.3 is 14.1 Å². The number of nitrogens with zero attached hydrogens (tertiary/aromatic N) is 3. The summed E-state index contributed by atoms with van der Waals surface area (Å²) in [7, 11) is 0. The first kappa shape index (κ1) is 17.4. The van der Waals surface area contributed by atoms with E-state index in [-0.39, 0.29) is 17.4 Å². The first-order valence-electron chi connectivity index (χ1n) is 8.91. The fourth-order valence-corrected chi connectivity index (χ4v) is 3.56. The molecule has 134 valence electrons. The summed E-state index contributed by atoms with van der Waals surface area (Å²) < 4.78 is 11.5. The average Bonchev–Trinajstić information content (AvgIpc) is 3.05. The van der Waals surface area contributed by atoms with Crippen LogP contribution < -0.4 is 0 Å². The minimum absolute atomic E-state index is 0.0189. The predicted octanol–water partition coefficient (Wildman–Crippen LogP) is 2.36. The van der Waals surface area contributed by atoms with E-state index in [9.17, 15) is 4.79 Å². The molecule has 6 nitrogen and oxygen atoms in total. The molecule has 0 aliphatic carbocycles. The maximum Gasteiger partial charge on any atom is 0.219 e. The van der Waals surface area contributed by atoms with Crippen LogP contribution in [-0.4, -0.2) is 59.6 Å². The molecule has 1 amide bonds. The van der Waals surface area contributed by atoms with Gasteiger partial charge in [0, 0.05) is 38.0 Å². The Balaban J connectivity index is 1.72. The van der Waals surface area contributed by atoms with Gasteiger partial charge in [0.2, 0.25) is 11.8 Å². The van der Waals surface area contributed by atoms with Crippen LogP contribution in [0.3, 0.4) is 0 Å². The number of ether oxygens (including phenoxy) is 1. The zero-order chi connectivity index (χ0) is 17.3. The molecule has 0 bridgehead atoms. The van der Waals surface area contributed by atoms with Crippen LogP contribution in [0.25, 0.3) is 0 Å². The summed E-state index contributed by atoms with van der Waals surface area (Å²) in [6, 6.07) is 0.531. The molecule has 0 N–H and O–H groups in total. The molecule has 1 aromatic rings. The number of amides is 1. The second kappa shape index (κ2) is 6.84. The number of hydrogen-bond donors (Lipinski definition) is 0. The third kappa shape index (κ3) is 3.64. The maximum atomic E-state index is 11.5. The van der Waals surface area contributed by atoms with Crippen molar-refractivity contribution < 1.29 is 13.9 Å². The predicted molar refractivity (Wildman–Crippen MR) is 90.7 cm³/mol. The fraction of sp³-hybridized carbons (Fsp3) is 0.778. The summed E-state index contributed by atoms with van der Waals surface area (Å²) >= 11 is 0. The molecule has 0 radical (unpaired) electrons. The Bertz CT molecular complexity index is 570. The van der Waals surface area contributed by atoms with Crippen LogP contribution in [0, 0.1) is 0 Å². The van der Waals surface area contributed by atoms with E-state index in [1.54, 1.807) is 13.2 Å². The molecule has 2 aliphatic heterocycles. The molecule has 0 spiro atoms. The lowest BCUT2D eigenvalue weighted by Gasteiger charge is -2.43. The molecule has 2 fully saturated rings. The highest BCUT2D eigenvalue weighted by atomic mass is 16.5. The first-order chi connectivity index (χ1) is 11.4. The van der Waals surface area contributed by atoms with Crippen LogP contribution >= 0.6 is 0 Å². The molecular weight excluding hydrogens is 306 g/mol. The smallest absolute Gasteiger partial charge is 0.219 e. The van der Waals surface area contributed by atoms with E-state index in [1.165, 1.54) is 0 Å². The molecule has 1 atom stereocenters. The standard InChI is InChI=1S/C18H29N3O3/c1-13(22)20-7-5-14(6-8-20)21-9-10-23-11-15(21)17-19-16(12-24-17)18(2,3)4/h12,14-15H,5-11H2,1-4H3/t15-/m0/s1. The van der Waals surface area contributed by atoms with Crippen molar-refractivity contribution in [1.82, 2.24) is 14.8 Å². The second-order valence-corrected chi connectivity index (χ2v) is 7.89. The molecule has 2 aliphatic rings. The minimum atomic E-state index is -0.0189. The van der Waals surface area contributed by atoms with Crippen molar-refractivity contribution in [2.75, 3.05) is 32.8 Å². The Hall–Kier alpha value is -1.40. The summed E-state index contributed by atoms with van der Waals surface area (Å²) in [5.74, 6) is 0.933. The van der Waals surface area contributed by atoms with Crippen LogP contribution in [-0.2, 0) is 14.9 Å². The molecule has 0 saturated carbocycles. The minimum Gasteiger partial charge on any atom is -0.447 e. The zero-order valence-electron chi connectivity index (χ0n) is 15.2. The van der Waals surface area contributed by atoms with E-state index in [1.807, 2.05) is 4.90 Å². The highest BCUT2D eigenvalue weighted by molar-refractivity contribution is 5.73. The van der Waals surface area contributed by atoms with Gasteiger partial charge in [-0.15, -0.1) is 0 Å². The normalized spacial score (nSPS) is 24.3. The van der Waals surface area contributed by atoms with Gasteiger partial charge in [0.25, 0.3) is 0 Å². The van der Waals surface area contributed by atoms with Gasteiger partial charge in [-0.2, -0.15) is 0 Å². The molecular formula is C18H29N3O3. The van der Waals surface area contributed by atoms with Crippen molar-refractivity contribution in [3.8, 4) is 0 Å². The Kier molecular flexibility index (Phi) is 4.97. The van der Waals surface area contributed by atoms with Gasteiger partial charge in [-0.25, -0.2) is 4.98 Å². The number of morpholine rings is 1. The van der Waals surface area contributed by atoms with Crippen LogP contribution in [0.1, 0.15) is 58.2 Å². The number of likely N-dealkylation sites (tertiary alicyclic amines) is 1.